The lowest BCUT2D eigenvalue weighted by Crippen LogP contribution is -2.29. The molecule has 0 amide bonds. The van der Waals surface area contributed by atoms with Crippen molar-refractivity contribution in [3.63, 3.8) is 0 Å². The average Bonchev–Trinajstić information content (AvgIpc) is 2.03. The summed E-state index contributed by atoms with van der Waals surface area (Å²) in [6.45, 7) is 0. The van der Waals surface area contributed by atoms with E-state index in [1.54, 1.807) is 0 Å². The van der Waals surface area contributed by atoms with Crippen LogP contribution in [0.4, 0.5) is 0 Å². The normalized spacial score (nSPS) is 21.5. The monoisotopic (exact) mass is 152 g/mol. The van der Waals surface area contributed by atoms with Crippen LogP contribution in [0.15, 0.2) is 0 Å². The minimum absolute atomic E-state index is 0.534. The van der Waals surface area contributed by atoms with Crippen molar-refractivity contribution in [2.24, 2.45) is 0 Å². The second-order valence-electron chi connectivity index (χ2n) is 2.98. The van der Waals surface area contributed by atoms with Gasteiger partial charge in [0.25, 0.3) is 0 Å². The molecule has 0 heterocycles. The van der Waals surface area contributed by atoms with Gasteiger partial charge < -0.3 is 5.11 Å². The summed E-state index contributed by atoms with van der Waals surface area (Å²) < 4.78 is 0. The lowest BCUT2D eigenvalue weighted by Gasteiger charge is -2.26. The molecule has 2 nitrogen and oxygen atoms in total. The van der Waals surface area contributed by atoms with Gasteiger partial charge in [-0.15, -0.1) is 0 Å². The largest absolute Gasteiger partial charge is 0.378 e. The Bertz CT molecular complexity index is 191. The van der Waals surface area contributed by atoms with Crippen LogP contribution in [0.2, 0.25) is 0 Å². The number of hydrogen-bond acceptors (Lipinski definition) is 2. The minimum atomic E-state index is -0.862. The van der Waals surface area contributed by atoms with E-state index in [9.17, 15) is 9.90 Å². The van der Waals surface area contributed by atoms with Crippen molar-refractivity contribution in [1.29, 1.82) is 0 Å². The highest BCUT2D eigenvalue weighted by Gasteiger charge is 2.26. The zero-order valence-electron chi connectivity index (χ0n) is 6.47. The van der Waals surface area contributed by atoms with Crippen LogP contribution in [0, 0.1) is 11.8 Å². The van der Waals surface area contributed by atoms with E-state index in [2.05, 4.69) is 11.8 Å². The molecule has 0 unspecified atom stereocenters. The number of aldehydes is 1. The van der Waals surface area contributed by atoms with Gasteiger partial charge >= 0.3 is 0 Å². The third-order valence-corrected chi connectivity index (χ3v) is 2.04. The molecule has 0 radical (unpaired) electrons. The van der Waals surface area contributed by atoms with Crippen LogP contribution >= 0.6 is 0 Å². The van der Waals surface area contributed by atoms with Gasteiger partial charge in [-0.25, -0.2) is 0 Å². The molecule has 1 saturated carbocycles. The predicted molar refractivity (Wildman–Crippen MR) is 41.9 cm³/mol. The first kappa shape index (κ1) is 8.29. The van der Waals surface area contributed by atoms with E-state index in [-0.39, 0.29) is 0 Å². The highest BCUT2D eigenvalue weighted by atomic mass is 16.3. The SMILES string of the molecule is O=CC#CC1(O)CCCCC1. The topological polar surface area (TPSA) is 37.3 Å². The highest BCUT2D eigenvalue weighted by molar-refractivity contribution is 5.72. The van der Waals surface area contributed by atoms with E-state index < -0.39 is 5.60 Å². The molecular formula is C9H12O2. The van der Waals surface area contributed by atoms with Crippen molar-refractivity contribution in [1.82, 2.24) is 0 Å². The maximum absolute atomic E-state index is 9.91. The lowest BCUT2D eigenvalue weighted by molar-refractivity contribution is -0.103. The quantitative estimate of drug-likeness (QED) is 0.413. The summed E-state index contributed by atoms with van der Waals surface area (Å²) in [6.07, 6.45) is 5.17. The van der Waals surface area contributed by atoms with Crippen molar-refractivity contribution >= 4 is 6.29 Å². The molecule has 0 spiro atoms. The summed E-state index contributed by atoms with van der Waals surface area (Å²) >= 11 is 0. The van der Waals surface area contributed by atoms with E-state index in [1.165, 1.54) is 6.42 Å². The number of aliphatic hydroxyl groups is 1. The third kappa shape index (κ3) is 2.36. The molecule has 1 aliphatic rings. The fourth-order valence-electron chi connectivity index (χ4n) is 1.43. The summed E-state index contributed by atoms with van der Waals surface area (Å²) in [7, 11) is 0. The molecule has 1 rings (SSSR count). The first-order valence-corrected chi connectivity index (χ1v) is 3.96. The second-order valence-corrected chi connectivity index (χ2v) is 2.98. The van der Waals surface area contributed by atoms with Crippen LogP contribution in [0.3, 0.4) is 0 Å². The lowest BCUT2D eigenvalue weighted by atomic mass is 9.85. The molecule has 60 valence electrons. The van der Waals surface area contributed by atoms with Gasteiger partial charge in [-0.05, 0) is 31.6 Å². The van der Waals surface area contributed by atoms with Crippen LogP contribution in [0.25, 0.3) is 0 Å². The smallest absolute Gasteiger partial charge is 0.192 e. The fraction of sp³-hybridized carbons (Fsp3) is 0.667. The first-order valence-electron chi connectivity index (χ1n) is 3.96. The Hall–Kier alpha value is -0.810. The molecule has 0 saturated heterocycles. The van der Waals surface area contributed by atoms with Gasteiger partial charge in [-0.1, -0.05) is 12.3 Å². The Morgan fingerprint density at radius 2 is 1.91 bits per heavy atom. The summed E-state index contributed by atoms with van der Waals surface area (Å²) in [5.74, 6) is 4.86. The van der Waals surface area contributed by atoms with Gasteiger partial charge in [0.05, 0.1) is 0 Å². The van der Waals surface area contributed by atoms with E-state index >= 15 is 0 Å². The standard InChI is InChI=1S/C9H12O2/c10-8-4-7-9(11)5-2-1-3-6-9/h8,11H,1-3,5-6H2. The fourth-order valence-corrected chi connectivity index (χ4v) is 1.43. The van der Waals surface area contributed by atoms with Gasteiger partial charge in [-0.2, -0.15) is 0 Å². The molecular weight excluding hydrogens is 140 g/mol. The van der Waals surface area contributed by atoms with Crippen molar-refractivity contribution in [3.8, 4) is 11.8 Å². The molecule has 0 atom stereocenters. The molecule has 2 heteroatoms. The predicted octanol–water partition coefficient (Wildman–Crippen LogP) is 0.884. The third-order valence-electron chi connectivity index (χ3n) is 2.04. The molecule has 1 N–H and O–H groups in total. The second kappa shape index (κ2) is 3.54. The van der Waals surface area contributed by atoms with Crippen molar-refractivity contribution < 1.29 is 9.90 Å². The number of carbonyl (C=O) groups excluding carboxylic acids is 1. The minimum Gasteiger partial charge on any atom is -0.378 e. The van der Waals surface area contributed by atoms with Gasteiger partial charge in [0.1, 0.15) is 5.60 Å². The molecule has 0 aliphatic heterocycles. The summed E-state index contributed by atoms with van der Waals surface area (Å²) in [6, 6.07) is 0. The Labute approximate surface area is 66.6 Å². The zero-order valence-corrected chi connectivity index (χ0v) is 6.47. The molecule has 0 aromatic heterocycles. The molecule has 11 heavy (non-hydrogen) atoms. The van der Waals surface area contributed by atoms with Crippen LogP contribution in [0.5, 0.6) is 0 Å². The highest BCUT2D eigenvalue weighted by Crippen LogP contribution is 2.26. The molecule has 0 aromatic carbocycles. The van der Waals surface area contributed by atoms with Gasteiger partial charge in [0.2, 0.25) is 0 Å². The maximum Gasteiger partial charge on any atom is 0.192 e. The summed E-state index contributed by atoms with van der Waals surface area (Å²) in [4.78, 5) is 9.91. The van der Waals surface area contributed by atoms with E-state index in [0.717, 1.165) is 12.8 Å². The zero-order chi connectivity index (χ0) is 8.16. The Kier molecular flexibility index (Phi) is 2.67. The van der Waals surface area contributed by atoms with E-state index in [1.807, 2.05) is 0 Å². The Morgan fingerprint density at radius 1 is 1.27 bits per heavy atom. The van der Waals surface area contributed by atoms with Crippen LogP contribution in [-0.4, -0.2) is 17.0 Å². The van der Waals surface area contributed by atoms with Crippen LogP contribution < -0.4 is 0 Å². The Balaban J connectivity index is 2.56. The molecule has 1 aliphatic carbocycles. The summed E-state index contributed by atoms with van der Waals surface area (Å²) in [5.41, 5.74) is -0.862. The van der Waals surface area contributed by atoms with Gasteiger partial charge in [-0.3, -0.25) is 4.79 Å². The van der Waals surface area contributed by atoms with E-state index in [4.69, 9.17) is 0 Å². The van der Waals surface area contributed by atoms with Crippen LogP contribution in [-0.2, 0) is 4.79 Å². The number of hydrogen-bond donors (Lipinski definition) is 1. The molecule has 0 aromatic rings. The Morgan fingerprint density at radius 3 is 2.45 bits per heavy atom. The van der Waals surface area contributed by atoms with Crippen LogP contribution in [0.1, 0.15) is 32.1 Å². The van der Waals surface area contributed by atoms with Crippen molar-refractivity contribution in [2.75, 3.05) is 0 Å². The van der Waals surface area contributed by atoms with Gasteiger partial charge in [0.15, 0.2) is 6.29 Å². The van der Waals surface area contributed by atoms with Gasteiger partial charge in [0, 0.05) is 0 Å². The number of rotatable bonds is 0. The molecule has 0 bridgehead atoms. The van der Waals surface area contributed by atoms with Crippen molar-refractivity contribution in [2.45, 2.75) is 37.7 Å². The maximum atomic E-state index is 9.91. The van der Waals surface area contributed by atoms with Crippen molar-refractivity contribution in [3.05, 3.63) is 0 Å². The first-order chi connectivity index (χ1) is 5.27. The van der Waals surface area contributed by atoms with E-state index in [0.29, 0.717) is 19.1 Å². The summed E-state index contributed by atoms with van der Waals surface area (Å²) in [5, 5.41) is 9.67. The molecule has 1 fully saturated rings. The number of carbonyl (C=O) groups is 1. The average molecular weight is 152 g/mol.